The van der Waals surface area contributed by atoms with Crippen LogP contribution in [0.25, 0.3) is 11.0 Å². The quantitative estimate of drug-likeness (QED) is 0.707. The lowest BCUT2D eigenvalue weighted by molar-refractivity contribution is 0.402. The molecule has 3 rings (SSSR count). The standard InChI is InChI=1S/C12H10N4O2/c17-11-9-6-13-16(10(9)14-12(18)15-11)7-8-4-2-1-3-5-8/h1-6H,7H2,(H2,14,15,17,18). The molecule has 1 aromatic carbocycles. The number of hydrogen-bond donors (Lipinski definition) is 2. The highest BCUT2D eigenvalue weighted by Crippen LogP contribution is 2.23. The zero-order chi connectivity index (χ0) is 12.5. The van der Waals surface area contributed by atoms with Crippen molar-refractivity contribution in [2.24, 2.45) is 0 Å². The smallest absolute Gasteiger partial charge is 0.319 e. The van der Waals surface area contributed by atoms with Crippen molar-refractivity contribution in [2.45, 2.75) is 6.54 Å². The fourth-order valence-corrected chi connectivity index (χ4v) is 1.80. The number of hydrogen-bond acceptors (Lipinski definition) is 5. The SMILES string of the molecule is Oc1nc(O)c2cnn(Cc3ccccc3)c2n1. The molecule has 6 heteroatoms. The molecule has 6 nitrogen and oxygen atoms in total. The van der Waals surface area contributed by atoms with Crippen molar-refractivity contribution in [2.75, 3.05) is 0 Å². The van der Waals surface area contributed by atoms with Gasteiger partial charge in [-0.15, -0.1) is 0 Å². The van der Waals surface area contributed by atoms with E-state index in [0.29, 0.717) is 17.6 Å². The molecule has 3 aromatic rings. The van der Waals surface area contributed by atoms with Crippen LogP contribution in [0.5, 0.6) is 11.9 Å². The van der Waals surface area contributed by atoms with Crippen LogP contribution in [-0.4, -0.2) is 30.0 Å². The number of nitrogens with zero attached hydrogens (tertiary/aromatic N) is 4. The minimum atomic E-state index is -0.463. The van der Waals surface area contributed by atoms with Crippen molar-refractivity contribution < 1.29 is 10.2 Å². The molecule has 0 unspecified atom stereocenters. The van der Waals surface area contributed by atoms with Crippen molar-refractivity contribution in [3.8, 4) is 11.9 Å². The molecule has 0 spiro atoms. The lowest BCUT2D eigenvalue weighted by Gasteiger charge is -2.03. The third-order valence-corrected chi connectivity index (χ3v) is 2.64. The molecule has 0 saturated carbocycles. The first-order valence-corrected chi connectivity index (χ1v) is 5.39. The zero-order valence-electron chi connectivity index (χ0n) is 9.35. The largest absolute Gasteiger partial charge is 0.493 e. The molecule has 2 heterocycles. The van der Waals surface area contributed by atoms with Gasteiger partial charge in [0.15, 0.2) is 5.65 Å². The average Bonchev–Trinajstić information content (AvgIpc) is 2.74. The Hall–Kier alpha value is -2.63. The van der Waals surface area contributed by atoms with E-state index in [-0.39, 0.29) is 5.88 Å². The molecule has 0 radical (unpaired) electrons. The molecule has 0 amide bonds. The van der Waals surface area contributed by atoms with Crippen LogP contribution >= 0.6 is 0 Å². The van der Waals surface area contributed by atoms with Gasteiger partial charge in [-0.05, 0) is 5.56 Å². The second-order valence-corrected chi connectivity index (χ2v) is 3.87. The van der Waals surface area contributed by atoms with Gasteiger partial charge in [0.1, 0.15) is 5.39 Å². The Kier molecular flexibility index (Phi) is 2.33. The fourth-order valence-electron chi connectivity index (χ4n) is 1.80. The molecule has 2 aromatic heterocycles. The summed E-state index contributed by atoms with van der Waals surface area (Å²) >= 11 is 0. The van der Waals surface area contributed by atoms with E-state index in [0.717, 1.165) is 5.56 Å². The van der Waals surface area contributed by atoms with E-state index in [9.17, 15) is 10.2 Å². The summed E-state index contributed by atoms with van der Waals surface area (Å²) in [6.45, 7) is 0.514. The summed E-state index contributed by atoms with van der Waals surface area (Å²) in [7, 11) is 0. The Bertz CT molecular complexity index is 694. The van der Waals surface area contributed by atoms with E-state index in [1.165, 1.54) is 6.20 Å². The summed E-state index contributed by atoms with van der Waals surface area (Å²) in [5.41, 5.74) is 1.46. The summed E-state index contributed by atoms with van der Waals surface area (Å²) in [6.07, 6.45) is 1.48. The number of aromatic hydroxyl groups is 2. The number of rotatable bonds is 2. The predicted octanol–water partition coefficient (Wildman–Crippen LogP) is 1.29. The van der Waals surface area contributed by atoms with E-state index in [2.05, 4.69) is 15.1 Å². The zero-order valence-corrected chi connectivity index (χ0v) is 9.35. The van der Waals surface area contributed by atoms with Crippen LogP contribution in [0.2, 0.25) is 0 Å². The lowest BCUT2D eigenvalue weighted by atomic mass is 10.2. The van der Waals surface area contributed by atoms with Gasteiger partial charge in [-0.2, -0.15) is 15.1 Å². The van der Waals surface area contributed by atoms with Crippen molar-refractivity contribution >= 4 is 11.0 Å². The maximum absolute atomic E-state index is 9.57. The van der Waals surface area contributed by atoms with Gasteiger partial charge in [0.2, 0.25) is 5.88 Å². The van der Waals surface area contributed by atoms with Gasteiger partial charge in [0, 0.05) is 0 Å². The highest BCUT2D eigenvalue weighted by Gasteiger charge is 2.11. The number of benzene rings is 1. The summed E-state index contributed by atoms with van der Waals surface area (Å²) in [5.74, 6) is -0.267. The van der Waals surface area contributed by atoms with Gasteiger partial charge in [-0.1, -0.05) is 30.3 Å². The van der Waals surface area contributed by atoms with E-state index in [4.69, 9.17) is 0 Å². The molecular weight excluding hydrogens is 232 g/mol. The minimum Gasteiger partial charge on any atom is -0.493 e. The van der Waals surface area contributed by atoms with Crippen LogP contribution in [0.4, 0.5) is 0 Å². The van der Waals surface area contributed by atoms with E-state index in [1.54, 1.807) is 4.68 Å². The molecular formula is C12H10N4O2. The summed E-state index contributed by atoms with van der Waals surface area (Å²) < 4.78 is 1.60. The molecule has 0 fully saturated rings. The molecule has 0 aliphatic carbocycles. The molecule has 90 valence electrons. The first-order chi connectivity index (χ1) is 8.74. The van der Waals surface area contributed by atoms with E-state index < -0.39 is 6.01 Å². The van der Waals surface area contributed by atoms with Crippen LogP contribution in [0.1, 0.15) is 5.56 Å². The van der Waals surface area contributed by atoms with Gasteiger partial charge in [0.05, 0.1) is 12.7 Å². The van der Waals surface area contributed by atoms with Crippen molar-refractivity contribution in [3.63, 3.8) is 0 Å². The van der Waals surface area contributed by atoms with Gasteiger partial charge in [-0.3, -0.25) is 0 Å². The summed E-state index contributed by atoms with van der Waals surface area (Å²) in [6, 6.07) is 9.28. The predicted molar refractivity (Wildman–Crippen MR) is 64.2 cm³/mol. The van der Waals surface area contributed by atoms with Crippen LogP contribution < -0.4 is 0 Å². The first-order valence-electron chi connectivity index (χ1n) is 5.39. The molecule has 0 saturated heterocycles. The topological polar surface area (TPSA) is 84.1 Å². The van der Waals surface area contributed by atoms with E-state index >= 15 is 0 Å². The molecule has 0 bridgehead atoms. The van der Waals surface area contributed by atoms with Crippen LogP contribution in [0.3, 0.4) is 0 Å². The normalized spacial score (nSPS) is 10.9. The Morgan fingerprint density at radius 2 is 1.83 bits per heavy atom. The Morgan fingerprint density at radius 3 is 2.61 bits per heavy atom. The lowest BCUT2D eigenvalue weighted by Crippen LogP contribution is -2.02. The van der Waals surface area contributed by atoms with Gasteiger partial charge in [0.25, 0.3) is 0 Å². The highest BCUT2D eigenvalue weighted by molar-refractivity contribution is 5.79. The Balaban J connectivity index is 2.08. The van der Waals surface area contributed by atoms with Gasteiger partial charge < -0.3 is 10.2 Å². The maximum atomic E-state index is 9.57. The minimum absolute atomic E-state index is 0.267. The molecule has 2 N–H and O–H groups in total. The van der Waals surface area contributed by atoms with Crippen molar-refractivity contribution in [1.82, 2.24) is 19.7 Å². The van der Waals surface area contributed by atoms with E-state index in [1.807, 2.05) is 30.3 Å². The first kappa shape index (κ1) is 10.5. The fraction of sp³-hybridized carbons (Fsp3) is 0.0833. The van der Waals surface area contributed by atoms with Crippen LogP contribution in [0, 0.1) is 0 Å². The van der Waals surface area contributed by atoms with Crippen LogP contribution in [0.15, 0.2) is 36.5 Å². The molecule has 0 atom stereocenters. The second-order valence-electron chi connectivity index (χ2n) is 3.87. The van der Waals surface area contributed by atoms with Crippen molar-refractivity contribution in [3.05, 3.63) is 42.1 Å². The van der Waals surface area contributed by atoms with Crippen LogP contribution in [-0.2, 0) is 6.54 Å². The number of fused-ring (bicyclic) bond motifs is 1. The second kappa shape index (κ2) is 3.99. The maximum Gasteiger partial charge on any atom is 0.319 e. The molecule has 18 heavy (non-hydrogen) atoms. The molecule has 0 aliphatic rings. The van der Waals surface area contributed by atoms with Crippen molar-refractivity contribution in [1.29, 1.82) is 0 Å². The third kappa shape index (κ3) is 1.73. The third-order valence-electron chi connectivity index (χ3n) is 2.64. The Morgan fingerprint density at radius 1 is 1.06 bits per heavy atom. The number of aromatic nitrogens is 4. The summed E-state index contributed by atoms with van der Waals surface area (Å²) in [4.78, 5) is 7.35. The summed E-state index contributed by atoms with van der Waals surface area (Å²) in [5, 5.41) is 23.4. The van der Waals surface area contributed by atoms with Gasteiger partial charge in [-0.25, -0.2) is 4.68 Å². The Labute approximate surface area is 102 Å². The highest BCUT2D eigenvalue weighted by atomic mass is 16.3. The average molecular weight is 242 g/mol. The van der Waals surface area contributed by atoms with Gasteiger partial charge >= 0.3 is 6.01 Å². The molecule has 0 aliphatic heterocycles. The monoisotopic (exact) mass is 242 g/mol.